The molecule has 4 nitrogen and oxygen atoms in total. The number of rotatable bonds is 5. The molecule has 0 fully saturated rings. The van der Waals surface area contributed by atoms with Gasteiger partial charge in [-0.2, -0.15) is 0 Å². The molecule has 0 amide bonds. The van der Waals surface area contributed by atoms with Gasteiger partial charge >= 0.3 is 11.9 Å². The van der Waals surface area contributed by atoms with E-state index in [-0.39, 0.29) is 17.4 Å². The predicted molar refractivity (Wildman–Crippen MR) is 65.6 cm³/mol. The first-order valence-corrected chi connectivity index (χ1v) is 5.66. The van der Waals surface area contributed by atoms with Gasteiger partial charge in [0.05, 0.1) is 6.42 Å². The summed E-state index contributed by atoms with van der Waals surface area (Å²) in [7, 11) is 0. The Balaban J connectivity index is 4.76. The van der Waals surface area contributed by atoms with Crippen LogP contribution in [0.5, 0.6) is 0 Å². The first-order chi connectivity index (χ1) is 7.53. The minimum atomic E-state index is -1.08. The Morgan fingerprint density at radius 1 is 1.24 bits per heavy atom. The monoisotopic (exact) mass is 242 g/mol. The molecule has 0 heterocycles. The van der Waals surface area contributed by atoms with Gasteiger partial charge in [-0.25, -0.2) is 4.79 Å². The highest BCUT2D eigenvalue weighted by atomic mass is 16.6. The van der Waals surface area contributed by atoms with Crippen molar-refractivity contribution in [2.24, 2.45) is 5.41 Å². The number of hydrogen-bond donors (Lipinski definition) is 1. The third-order valence-electron chi connectivity index (χ3n) is 3.23. The van der Waals surface area contributed by atoms with Crippen LogP contribution in [0, 0.1) is 5.41 Å². The summed E-state index contributed by atoms with van der Waals surface area (Å²) < 4.78 is 5.41. The molecule has 0 aromatic rings. The number of carbonyl (C=O) groups is 2. The van der Waals surface area contributed by atoms with E-state index in [0.717, 1.165) is 0 Å². The van der Waals surface area contributed by atoms with Crippen LogP contribution in [0.15, 0.2) is 12.2 Å². The van der Waals surface area contributed by atoms with Crippen molar-refractivity contribution in [1.82, 2.24) is 0 Å². The van der Waals surface area contributed by atoms with E-state index in [2.05, 4.69) is 6.58 Å². The number of carbonyl (C=O) groups excluding carboxylic acids is 1. The fourth-order valence-corrected chi connectivity index (χ4v) is 1.29. The fourth-order valence-electron chi connectivity index (χ4n) is 1.29. The van der Waals surface area contributed by atoms with Crippen molar-refractivity contribution in [3.63, 3.8) is 0 Å². The number of carboxylic acid groups (broad SMARTS) is 1. The molecule has 0 rings (SSSR count). The summed E-state index contributed by atoms with van der Waals surface area (Å²) in [6.07, 6.45) is 0.269. The van der Waals surface area contributed by atoms with Gasteiger partial charge in [-0.3, -0.25) is 4.79 Å². The van der Waals surface area contributed by atoms with Crippen LogP contribution in [-0.4, -0.2) is 22.6 Å². The molecule has 1 atom stereocenters. The molecule has 1 N–H and O–H groups in total. The van der Waals surface area contributed by atoms with Crippen molar-refractivity contribution in [3.8, 4) is 0 Å². The van der Waals surface area contributed by atoms with Crippen LogP contribution in [0.4, 0.5) is 0 Å². The Bertz CT molecular complexity index is 325. The predicted octanol–water partition coefficient (Wildman–Crippen LogP) is 2.78. The maximum Gasteiger partial charge on any atom is 0.334 e. The molecule has 0 aliphatic rings. The number of hydrogen-bond acceptors (Lipinski definition) is 3. The summed E-state index contributed by atoms with van der Waals surface area (Å²) in [6.45, 7) is 13.1. The average molecular weight is 242 g/mol. The Hall–Kier alpha value is -1.32. The highest BCUT2D eigenvalue weighted by Gasteiger charge is 2.39. The van der Waals surface area contributed by atoms with E-state index >= 15 is 0 Å². The molecule has 17 heavy (non-hydrogen) atoms. The van der Waals surface area contributed by atoms with Crippen LogP contribution < -0.4 is 0 Å². The van der Waals surface area contributed by atoms with Gasteiger partial charge in [0.15, 0.2) is 0 Å². The van der Waals surface area contributed by atoms with Crippen molar-refractivity contribution in [2.75, 3.05) is 0 Å². The summed E-state index contributed by atoms with van der Waals surface area (Å²) >= 11 is 0. The van der Waals surface area contributed by atoms with Crippen molar-refractivity contribution in [3.05, 3.63) is 12.2 Å². The standard InChI is InChI=1S/C13H22O4/c1-7-13(6,12(3,4)5)17-11(16)9(2)8-10(14)15/h2,7-8H2,1,3-6H3,(H,14,15). The largest absolute Gasteiger partial charge is 0.481 e. The lowest BCUT2D eigenvalue weighted by molar-refractivity contribution is -0.166. The van der Waals surface area contributed by atoms with E-state index in [9.17, 15) is 9.59 Å². The minimum Gasteiger partial charge on any atom is -0.481 e. The second kappa shape index (κ2) is 5.34. The molecular formula is C13H22O4. The number of carboxylic acids is 1. The van der Waals surface area contributed by atoms with Crippen molar-refractivity contribution < 1.29 is 19.4 Å². The summed E-state index contributed by atoms with van der Waals surface area (Å²) in [5, 5.41) is 8.58. The van der Waals surface area contributed by atoms with E-state index in [0.29, 0.717) is 6.42 Å². The molecular weight excluding hydrogens is 220 g/mol. The molecule has 1 unspecified atom stereocenters. The third-order valence-corrected chi connectivity index (χ3v) is 3.23. The summed E-state index contributed by atoms with van der Waals surface area (Å²) in [4.78, 5) is 22.2. The molecule has 0 radical (unpaired) electrons. The third kappa shape index (κ3) is 4.21. The quantitative estimate of drug-likeness (QED) is 0.594. The number of esters is 1. The van der Waals surface area contributed by atoms with Crippen LogP contribution in [0.2, 0.25) is 0 Å². The number of aliphatic carboxylic acids is 1. The van der Waals surface area contributed by atoms with Gasteiger partial charge in [-0.1, -0.05) is 34.3 Å². The van der Waals surface area contributed by atoms with E-state index in [1.165, 1.54) is 0 Å². The lowest BCUT2D eigenvalue weighted by Gasteiger charge is -2.40. The summed E-state index contributed by atoms with van der Waals surface area (Å²) in [5.41, 5.74) is -0.881. The molecule has 0 aliphatic heterocycles. The van der Waals surface area contributed by atoms with Crippen molar-refractivity contribution >= 4 is 11.9 Å². The Kier molecular flexibility index (Phi) is 4.93. The van der Waals surface area contributed by atoms with Gasteiger partial charge in [-0.15, -0.1) is 0 Å². The zero-order valence-corrected chi connectivity index (χ0v) is 11.3. The van der Waals surface area contributed by atoms with Gasteiger partial charge in [0.2, 0.25) is 0 Å². The fraction of sp³-hybridized carbons (Fsp3) is 0.692. The van der Waals surface area contributed by atoms with Crippen LogP contribution in [0.25, 0.3) is 0 Å². The maximum absolute atomic E-state index is 11.7. The highest BCUT2D eigenvalue weighted by Crippen LogP contribution is 2.36. The topological polar surface area (TPSA) is 63.6 Å². The van der Waals surface area contributed by atoms with E-state index in [4.69, 9.17) is 9.84 Å². The molecule has 0 aromatic carbocycles. The first kappa shape index (κ1) is 15.7. The smallest absolute Gasteiger partial charge is 0.334 e. The Morgan fingerprint density at radius 2 is 1.71 bits per heavy atom. The van der Waals surface area contributed by atoms with Crippen LogP contribution >= 0.6 is 0 Å². The minimum absolute atomic E-state index is 0.0265. The van der Waals surface area contributed by atoms with Crippen LogP contribution in [-0.2, 0) is 14.3 Å². The second-order valence-corrected chi connectivity index (χ2v) is 5.40. The van der Waals surface area contributed by atoms with Gasteiger partial charge < -0.3 is 9.84 Å². The van der Waals surface area contributed by atoms with E-state index in [1.807, 2.05) is 34.6 Å². The lowest BCUT2D eigenvalue weighted by atomic mass is 9.76. The SMILES string of the molecule is C=C(CC(=O)O)C(=O)OC(C)(CC)C(C)(C)C. The molecule has 98 valence electrons. The van der Waals surface area contributed by atoms with Crippen molar-refractivity contribution in [2.45, 2.75) is 53.1 Å². The maximum atomic E-state index is 11.7. The van der Waals surface area contributed by atoms with E-state index < -0.39 is 17.5 Å². The summed E-state index contributed by atoms with van der Waals surface area (Å²) in [5.74, 6) is -1.72. The van der Waals surface area contributed by atoms with E-state index in [1.54, 1.807) is 0 Å². The van der Waals surface area contributed by atoms with Crippen LogP contribution in [0.1, 0.15) is 47.5 Å². The molecule has 0 spiro atoms. The second-order valence-electron chi connectivity index (χ2n) is 5.40. The molecule has 4 heteroatoms. The zero-order chi connectivity index (χ0) is 13.9. The lowest BCUT2D eigenvalue weighted by Crippen LogP contribution is -2.44. The molecule has 0 saturated carbocycles. The van der Waals surface area contributed by atoms with Gasteiger partial charge in [0.25, 0.3) is 0 Å². The number of ether oxygens (including phenoxy) is 1. The summed E-state index contributed by atoms with van der Waals surface area (Å²) in [6, 6.07) is 0. The molecule has 0 bridgehead atoms. The van der Waals surface area contributed by atoms with Gasteiger partial charge in [0, 0.05) is 11.0 Å². The first-order valence-electron chi connectivity index (χ1n) is 5.66. The highest BCUT2D eigenvalue weighted by molar-refractivity contribution is 5.93. The normalized spacial score (nSPS) is 14.9. The zero-order valence-electron chi connectivity index (χ0n) is 11.3. The molecule has 0 saturated heterocycles. The van der Waals surface area contributed by atoms with Crippen molar-refractivity contribution in [1.29, 1.82) is 0 Å². The van der Waals surface area contributed by atoms with Gasteiger partial charge in [-0.05, 0) is 13.3 Å². The van der Waals surface area contributed by atoms with Gasteiger partial charge in [0.1, 0.15) is 5.60 Å². The molecule has 0 aliphatic carbocycles. The Morgan fingerprint density at radius 3 is 2.00 bits per heavy atom. The average Bonchev–Trinajstić information content (AvgIpc) is 2.14. The molecule has 0 aromatic heterocycles. The Labute approximate surface area is 103 Å². The van der Waals surface area contributed by atoms with Crippen LogP contribution in [0.3, 0.4) is 0 Å².